The zero-order valence-corrected chi connectivity index (χ0v) is 15.6. The van der Waals surface area contributed by atoms with Crippen LogP contribution in [0.4, 0.5) is 16.5 Å². The van der Waals surface area contributed by atoms with Crippen LogP contribution in [0.1, 0.15) is 10.6 Å². The van der Waals surface area contributed by atoms with E-state index in [1.165, 1.54) is 17.6 Å². The number of hydrogen-bond donors (Lipinski definition) is 2. The lowest BCUT2D eigenvalue weighted by molar-refractivity contribution is 0.0996. The maximum atomic E-state index is 12.0. The zero-order chi connectivity index (χ0) is 18.6. The molecule has 0 aliphatic heterocycles. The van der Waals surface area contributed by atoms with Crippen molar-refractivity contribution in [3.63, 3.8) is 0 Å². The van der Waals surface area contributed by atoms with Gasteiger partial charge < -0.3 is 15.1 Å². The molecule has 0 fully saturated rings. The predicted molar refractivity (Wildman–Crippen MR) is 109 cm³/mol. The fourth-order valence-corrected chi connectivity index (χ4v) is 3.38. The van der Waals surface area contributed by atoms with Crippen LogP contribution in [0.5, 0.6) is 0 Å². The third-order valence-corrected chi connectivity index (χ3v) is 4.89. The molecule has 27 heavy (non-hydrogen) atoms. The summed E-state index contributed by atoms with van der Waals surface area (Å²) in [5.74, 6) is -0.0125. The van der Waals surface area contributed by atoms with Crippen molar-refractivity contribution >= 4 is 45.4 Å². The highest BCUT2D eigenvalue weighted by molar-refractivity contribution is 7.14. The first kappa shape index (κ1) is 17.3. The minimum Gasteiger partial charge on any atom is -0.459 e. The van der Waals surface area contributed by atoms with Gasteiger partial charge in [0.25, 0.3) is 5.91 Å². The number of carbonyl (C=O) groups excluding carboxylic acids is 1. The van der Waals surface area contributed by atoms with Gasteiger partial charge in [0, 0.05) is 16.6 Å². The highest BCUT2D eigenvalue weighted by Gasteiger charge is 2.10. The van der Waals surface area contributed by atoms with Gasteiger partial charge in [-0.2, -0.15) is 0 Å². The number of thiazole rings is 1. The molecule has 0 radical (unpaired) electrons. The molecular formula is C20H14ClN3O2S. The molecule has 4 rings (SSSR count). The number of benzene rings is 2. The Bertz CT molecular complexity index is 1060. The summed E-state index contributed by atoms with van der Waals surface area (Å²) < 4.78 is 5.08. The van der Waals surface area contributed by atoms with Crippen molar-refractivity contribution in [2.45, 2.75) is 0 Å². The van der Waals surface area contributed by atoms with E-state index in [1.807, 2.05) is 53.9 Å². The average molecular weight is 396 g/mol. The molecule has 0 aliphatic carbocycles. The third-order valence-electron chi connectivity index (χ3n) is 3.80. The molecule has 0 bridgehead atoms. The number of nitrogens with zero attached hydrogens (tertiary/aromatic N) is 1. The van der Waals surface area contributed by atoms with Gasteiger partial charge in [0.15, 0.2) is 10.9 Å². The molecule has 2 N–H and O–H groups in total. The van der Waals surface area contributed by atoms with Crippen molar-refractivity contribution in [2.75, 3.05) is 10.6 Å². The van der Waals surface area contributed by atoms with Crippen molar-refractivity contribution in [3.8, 4) is 11.3 Å². The molecule has 2 heterocycles. The fourth-order valence-electron chi connectivity index (χ4n) is 2.47. The largest absolute Gasteiger partial charge is 0.459 e. The number of para-hydroxylation sites is 1. The number of carbonyl (C=O) groups is 1. The van der Waals surface area contributed by atoms with Crippen molar-refractivity contribution in [1.82, 2.24) is 4.98 Å². The van der Waals surface area contributed by atoms with E-state index in [0.717, 1.165) is 22.1 Å². The van der Waals surface area contributed by atoms with Crippen LogP contribution in [0.15, 0.2) is 76.7 Å². The standard InChI is InChI=1S/C20H14ClN3O2S/c21-15-4-1-2-5-16(15)23-20-24-17(12-27-20)13-7-9-14(10-8-13)22-19(25)18-6-3-11-26-18/h1-12H,(H,22,25)(H,23,24). The second kappa shape index (κ2) is 7.65. The van der Waals surface area contributed by atoms with E-state index in [4.69, 9.17) is 16.0 Å². The van der Waals surface area contributed by atoms with Crippen LogP contribution in [0, 0.1) is 0 Å². The minimum atomic E-state index is -0.285. The van der Waals surface area contributed by atoms with Gasteiger partial charge in [0.1, 0.15) is 0 Å². The van der Waals surface area contributed by atoms with E-state index in [0.29, 0.717) is 10.7 Å². The van der Waals surface area contributed by atoms with Gasteiger partial charge in [-0.15, -0.1) is 11.3 Å². The van der Waals surface area contributed by atoms with Crippen molar-refractivity contribution in [1.29, 1.82) is 0 Å². The Morgan fingerprint density at radius 1 is 1.04 bits per heavy atom. The number of aromatic nitrogens is 1. The molecule has 2 aromatic carbocycles. The lowest BCUT2D eigenvalue weighted by atomic mass is 10.1. The first-order chi connectivity index (χ1) is 13.2. The molecule has 0 saturated carbocycles. The molecule has 0 spiro atoms. The Hall–Kier alpha value is -3.09. The quantitative estimate of drug-likeness (QED) is 0.431. The Balaban J connectivity index is 1.46. The van der Waals surface area contributed by atoms with Crippen LogP contribution in [0.2, 0.25) is 5.02 Å². The van der Waals surface area contributed by atoms with Crippen LogP contribution in [-0.4, -0.2) is 10.9 Å². The molecule has 134 valence electrons. The second-order valence-corrected chi connectivity index (χ2v) is 6.92. The van der Waals surface area contributed by atoms with Gasteiger partial charge in [-0.1, -0.05) is 35.9 Å². The van der Waals surface area contributed by atoms with Crippen LogP contribution in [-0.2, 0) is 0 Å². The first-order valence-electron chi connectivity index (χ1n) is 8.11. The smallest absolute Gasteiger partial charge is 0.291 e. The van der Waals surface area contributed by atoms with E-state index in [9.17, 15) is 4.79 Å². The van der Waals surface area contributed by atoms with E-state index in [1.54, 1.807) is 12.1 Å². The van der Waals surface area contributed by atoms with Crippen molar-refractivity contribution in [3.05, 3.63) is 83.1 Å². The third kappa shape index (κ3) is 4.02. The lowest BCUT2D eigenvalue weighted by Crippen LogP contribution is -2.10. The summed E-state index contributed by atoms with van der Waals surface area (Å²) >= 11 is 7.67. The first-order valence-corrected chi connectivity index (χ1v) is 9.37. The molecule has 0 unspecified atom stereocenters. The van der Waals surface area contributed by atoms with Gasteiger partial charge in [0.05, 0.1) is 22.7 Å². The summed E-state index contributed by atoms with van der Waals surface area (Å²) in [4.78, 5) is 16.6. The maximum Gasteiger partial charge on any atom is 0.291 e. The summed E-state index contributed by atoms with van der Waals surface area (Å²) in [6.07, 6.45) is 1.47. The SMILES string of the molecule is O=C(Nc1ccc(-c2csc(Nc3ccccc3Cl)n2)cc1)c1ccco1. The normalized spacial score (nSPS) is 10.6. The van der Waals surface area contributed by atoms with Gasteiger partial charge >= 0.3 is 0 Å². The van der Waals surface area contributed by atoms with Crippen LogP contribution >= 0.6 is 22.9 Å². The van der Waals surface area contributed by atoms with Crippen LogP contribution in [0.25, 0.3) is 11.3 Å². The van der Waals surface area contributed by atoms with Gasteiger partial charge in [0.2, 0.25) is 0 Å². The van der Waals surface area contributed by atoms with Crippen molar-refractivity contribution < 1.29 is 9.21 Å². The van der Waals surface area contributed by atoms with Crippen LogP contribution < -0.4 is 10.6 Å². The van der Waals surface area contributed by atoms with Crippen LogP contribution in [0.3, 0.4) is 0 Å². The molecule has 7 heteroatoms. The molecule has 2 aromatic heterocycles. The number of anilines is 3. The molecule has 0 saturated heterocycles. The Labute approximate surface area is 164 Å². The second-order valence-electron chi connectivity index (χ2n) is 5.65. The van der Waals surface area contributed by atoms with E-state index >= 15 is 0 Å². The Morgan fingerprint density at radius 2 is 1.85 bits per heavy atom. The summed E-state index contributed by atoms with van der Waals surface area (Å²) in [6.45, 7) is 0. The number of hydrogen-bond acceptors (Lipinski definition) is 5. The molecule has 0 aliphatic rings. The summed E-state index contributed by atoms with van der Waals surface area (Å²) in [6, 6.07) is 18.3. The molecule has 0 atom stereocenters. The van der Waals surface area contributed by atoms with Gasteiger partial charge in [-0.05, 0) is 36.4 Å². The lowest BCUT2D eigenvalue weighted by Gasteiger charge is -2.05. The zero-order valence-electron chi connectivity index (χ0n) is 14.0. The number of halogens is 1. The highest BCUT2D eigenvalue weighted by atomic mass is 35.5. The highest BCUT2D eigenvalue weighted by Crippen LogP contribution is 2.30. The van der Waals surface area contributed by atoms with E-state index in [2.05, 4.69) is 15.6 Å². The average Bonchev–Trinajstić information content (AvgIpc) is 3.36. The summed E-state index contributed by atoms with van der Waals surface area (Å²) in [7, 11) is 0. The predicted octanol–water partition coefficient (Wildman–Crippen LogP) is 6.05. The molecule has 1 amide bonds. The van der Waals surface area contributed by atoms with E-state index < -0.39 is 0 Å². The fraction of sp³-hybridized carbons (Fsp3) is 0. The number of amides is 1. The topological polar surface area (TPSA) is 67.2 Å². The monoisotopic (exact) mass is 395 g/mol. The van der Waals surface area contributed by atoms with Gasteiger partial charge in [-0.25, -0.2) is 4.98 Å². The molecule has 4 aromatic rings. The number of nitrogens with one attached hydrogen (secondary N) is 2. The van der Waals surface area contributed by atoms with Gasteiger partial charge in [-0.3, -0.25) is 4.79 Å². The van der Waals surface area contributed by atoms with Crippen molar-refractivity contribution in [2.24, 2.45) is 0 Å². The van der Waals surface area contributed by atoms with E-state index in [-0.39, 0.29) is 11.7 Å². The maximum absolute atomic E-state index is 12.0. The minimum absolute atomic E-state index is 0.272. The molecular weight excluding hydrogens is 382 g/mol. The summed E-state index contributed by atoms with van der Waals surface area (Å²) in [5.41, 5.74) is 3.30. The number of furan rings is 1. The molecule has 5 nitrogen and oxygen atoms in total. The summed E-state index contributed by atoms with van der Waals surface area (Å²) in [5, 5.41) is 9.38. The number of rotatable bonds is 5. The Morgan fingerprint density at radius 3 is 2.59 bits per heavy atom. The Kier molecular flexibility index (Phi) is 4.91.